The first kappa shape index (κ1) is 18.2. The van der Waals surface area contributed by atoms with Gasteiger partial charge in [-0.2, -0.15) is 0 Å². The van der Waals surface area contributed by atoms with E-state index in [1.807, 2.05) is 0 Å². The number of likely N-dealkylation sites (tertiary alicyclic amines) is 1. The van der Waals surface area contributed by atoms with E-state index in [9.17, 15) is 14.4 Å². The number of aromatic amines is 1. The number of hydrogen-bond donors (Lipinski definition) is 3. The van der Waals surface area contributed by atoms with Crippen molar-refractivity contribution in [1.82, 2.24) is 20.5 Å². The van der Waals surface area contributed by atoms with E-state index >= 15 is 0 Å². The van der Waals surface area contributed by atoms with Crippen LogP contribution in [0.15, 0.2) is 0 Å². The zero-order valence-electron chi connectivity index (χ0n) is 14.6. The maximum Gasteiger partial charge on any atom is 0.253 e. The highest BCUT2D eigenvalue weighted by molar-refractivity contribution is 6.00. The molecule has 1 unspecified atom stereocenters. The van der Waals surface area contributed by atoms with Crippen LogP contribution >= 0.6 is 0 Å². The van der Waals surface area contributed by atoms with Crippen LogP contribution < -0.4 is 10.6 Å². The molecule has 1 aromatic rings. The number of carbonyl (C=O) groups is 3. The lowest BCUT2D eigenvalue weighted by molar-refractivity contribution is -0.120. The number of rotatable bonds is 7. The summed E-state index contributed by atoms with van der Waals surface area (Å²) in [7, 11) is 2.11. The summed E-state index contributed by atoms with van der Waals surface area (Å²) in [6.07, 6.45) is 4.00. The van der Waals surface area contributed by atoms with Crippen molar-refractivity contribution in [2.24, 2.45) is 0 Å². The van der Waals surface area contributed by atoms with Gasteiger partial charge in [0.05, 0.1) is 17.8 Å². The highest BCUT2D eigenvalue weighted by Crippen LogP contribution is 2.17. The Balaban J connectivity index is 1.76. The van der Waals surface area contributed by atoms with Crippen molar-refractivity contribution in [2.45, 2.75) is 39.2 Å². The third kappa shape index (κ3) is 4.23. The zero-order chi connectivity index (χ0) is 17.7. The van der Waals surface area contributed by atoms with Gasteiger partial charge in [-0.1, -0.05) is 0 Å². The van der Waals surface area contributed by atoms with E-state index in [1.54, 1.807) is 13.8 Å². The fraction of sp³-hybridized carbons (Fsp3) is 0.588. The van der Waals surface area contributed by atoms with Gasteiger partial charge in [-0.3, -0.25) is 14.4 Å². The standard InChI is InChI=1S/C17H26N4O3/c1-11-14(10-22)20-12(2)16(11)17(24)19-9-15(23)18-7-6-13-5-4-8-21(13)3/h10,13,20H,4-9H2,1-3H3,(H,18,23)(H,19,24). The van der Waals surface area contributed by atoms with Crippen LogP contribution in [0.4, 0.5) is 0 Å². The van der Waals surface area contributed by atoms with Crippen LogP contribution in [0.3, 0.4) is 0 Å². The van der Waals surface area contributed by atoms with Crippen molar-refractivity contribution in [3.63, 3.8) is 0 Å². The third-order valence-corrected chi connectivity index (χ3v) is 4.70. The number of nitrogens with one attached hydrogen (secondary N) is 3. The van der Waals surface area contributed by atoms with Crippen molar-refractivity contribution in [1.29, 1.82) is 0 Å². The molecule has 1 aliphatic rings. The Morgan fingerprint density at radius 3 is 2.67 bits per heavy atom. The third-order valence-electron chi connectivity index (χ3n) is 4.70. The van der Waals surface area contributed by atoms with E-state index in [0.29, 0.717) is 41.4 Å². The normalized spacial score (nSPS) is 17.7. The lowest BCUT2D eigenvalue weighted by Crippen LogP contribution is -2.39. The van der Waals surface area contributed by atoms with Gasteiger partial charge in [0, 0.05) is 18.3 Å². The highest BCUT2D eigenvalue weighted by atomic mass is 16.2. The molecule has 0 radical (unpaired) electrons. The molecule has 7 heteroatoms. The predicted molar refractivity (Wildman–Crippen MR) is 91.3 cm³/mol. The van der Waals surface area contributed by atoms with Crippen LogP contribution in [0.2, 0.25) is 0 Å². The van der Waals surface area contributed by atoms with Gasteiger partial charge in [-0.15, -0.1) is 0 Å². The van der Waals surface area contributed by atoms with E-state index in [-0.39, 0.29) is 18.4 Å². The molecule has 1 atom stereocenters. The second-order valence-corrected chi connectivity index (χ2v) is 6.38. The Labute approximate surface area is 142 Å². The highest BCUT2D eigenvalue weighted by Gasteiger charge is 2.21. The number of amides is 2. The molecule has 132 valence electrons. The lowest BCUT2D eigenvalue weighted by Gasteiger charge is -2.19. The summed E-state index contributed by atoms with van der Waals surface area (Å²) >= 11 is 0. The first-order chi connectivity index (χ1) is 11.4. The summed E-state index contributed by atoms with van der Waals surface area (Å²) in [4.78, 5) is 40.2. The molecule has 0 bridgehead atoms. The SMILES string of the molecule is Cc1[nH]c(C=O)c(C)c1C(=O)NCC(=O)NCCC1CCCN1C. The summed E-state index contributed by atoms with van der Waals surface area (Å²) in [5.41, 5.74) is 2.04. The quantitative estimate of drug-likeness (QED) is 0.642. The van der Waals surface area contributed by atoms with Gasteiger partial charge in [0.2, 0.25) is 5.91 Å². The van der Waals surface area contributed by atoms with Crippen LogP contribution in [0.1, 0.15) is 51.4 Å². The van der Waals surface area contributed by atoms with Crippen LogP contribution in [-0.4, -0.2) is 60.7 Å². The summed E-state index contributed by atoms with van der Waals surface area (Å²) in [6.45, 7) is 5.10. The largest absolute Gasteiger partial charge is 0.356 e. The molecule has 0 spiro atoms. The van der Waals surface area contributed by atoms with Crippen molar-refractivity contribution < 1.29 is 14.4 Å². The molecule has 0 saturated carbocycles. The molecule has 2 heterocycles. The van der Waals surface area contributed by atoms with E-state index in [4.69, 9.17) is 0 Å². The maximum atomic E-state index is 12.2. The summed E-state index contributed by atoms with van der Waals surface area (Å²) in [6, 6.07) is 0.534. The lowest BCUT2D eigenvalue weighted by atomic mass is 10.1. The van der Waals surface area contributed by atoms with Gasteiger partial charge >= 0.3 is 0 Å². The van der Waals surface area contributed by atoms with Crippen molar-refractivity contribution in [2.75, 3.05) is 26.7 Å². The average molecular weight is 334 g/mol. The topological polar surface area (TPSA) is 94.3 Å². The number of carbonyl (C=O) groups excluding carboxylic acids is 3. The fourth-order valence-electron chi connectivity index (χ4n) is 3.27. The fourth-order valence-corrected chi connectivity index (χ4v) is 3.27. The molecular weight excluding hydrogens is 308 g/mol. The Morgan fingerprint density at radius 2 is 2.08 bits per heavy atom. The number of aromatic nitrogens is 1. The van der Waals surface area contributed by atoms with E-state index in [1.165, 1.54) is 12.8 Å². The van der Waals surface area contributed by atoms with Gasteiger partial charge in [0.25, 0.3) is 5.91 Å². The van der Waals surface area contributed by atoms with Crippen molar-refractivity contribution in [3.8, 4) is 0 Å². The van der Waals surface area contributed by atoms with Crippen LogP contribution in [0, 0.1) is 13.8 Å². The Kier molecular flexibility index (Phi) is 6.14. The Hall–Kier alpha value is -2.15. The van der Waals surface area contributed by atoms with Crippen molar-refractivity contribution >= 4 is 18.1 Å². The monoisotopic (exact) mass is 334 g/mol. The van der Waals surface area contributed by atoms with E-state index in [2.05, 4.69) is 27.6 Å². The predicted octanol–water partition coefficient (Wildman–Crippen LogP) is 0.774. The summed E-state index contributed by atoms with van der Waals surface area (Å²) in [5.74, 6) is -0.550. The molecule has 7 nitrogen and oxygen atoms in total. The first-order valence-electron chi connectivity index (χ1n) is 8.33. The maximum absolute atomic E-state index is 12.2. The zero-order valence-corrected chi connectivity index (χ0v) is 14.6. The molecule has 1 saturated heterocycles. The first-order valence-corrected chi connectivity index (χ1v) is 8.33. The second-order valence-electron chi connectivity index (χ2n) is 6.38. The number of hydrogen-bond acceptors (Lipinski definition) is 4. The van der Waals surface area contributed by atoms with E-state index < -0.39 is 0 Å². The number of H-pyrrole nitrogens is 1. The minimum Gasteiger partial charge on any atom is -0.356 e. The smallest absolute Gasteiger partial charge is 0.253 e. The average Bonchev–Trinajstić information content (AvgIpc) is 3.08. The van der Waals surface area contributed by atoms with Gasteiger partial charge in [0.1, 0.15) is 0 Å². The minimum absolute atomic E-state index is 0.0696. The second kappa shape index (κ2) is 8.10. The molecule has 1 fully saturated rings. The van der Waals surface area contributed by atoms with Crippen LogP contribution in [-0.2, 0) is 4.79 Å². The molecular formula is C17H26N4O3. The minimum atomic E-state index is -0.347. The van der Waals surface area contributed by atoms with Gasteiger partial charge in [0.15, 0.2) is 6.29 Å². The Morgan fingerprint density at radius 1 is 1.33 bits per heavy atom. The van der Waals surface area contributed by atoms with Crippen molar-refractivity contribution in [3.05, 3.63) is 22.5 Å². The van der Waals surface area contributed by atoms with Gasteiger partial charge in [-0.25, -0.2) is 0 Å². The molecule has 2 amide bonds. The van der Waals surface area contributed by atoms with Gasteiger partial charge < -0.3 is 20.5 Å². The van der Waals surface area contributed by atoms with Crippen LogP contribution in [0.5, 0.6) is 0 Å². The number of aryl methyl sites for hydroxylation is 1. The summed E-state index contributed by atoms with van der Waals surface area (Å²) < 4.78 is 0. The molecule has 1 aromatic heterocycles. The molecule has 1 aliphatic heterocycles. The molecule has 3 N–H and O–H groups in total. The Bertz CT molecular complexity index is 624. The molecule has 2 rings (SSSR count). The molecule has 24 heavy (non-hydrogen) atoms. The van der Waals surface area contributed by atoms with Gasteiger partial charge in [-0.05, 0) is 52.3 Å². The summed E-state index contributed by atoms with van der Waals surface area (Å²) in [5, 5.41) is 5.45. The molecule has 0 aliphatic carbocycles. The number of nitrogens with zero attached hydrogens (tertiary/aromatic N) is 1. The number of aldehydes is 1. The van der Waals surface area contributed by atoms with E-state index in [0.717, 1.165) is 13.0 Å². The molecule has 0 aromatic carbocycles. The van der Waals surface area contributed by atoms with Crippen LogP contribution in [0.25, 0.3) is 0 Å².